The Kier molecular flexibility index (Phi) is 3.49. The summed E-state index contributed by atoms with van der Waals surface area (Å²) in [5, 5.41) is 0. The number of rotatable bonds is 4. The van der Waals surface area contributed by atoms with Crippen LogP contribution in [0.2, 0.25) is 0 Å². The summed E-state index contributed by atoms with van der Waals surface area (Å²) >= 11 is 0.822. The lowest BCUT2D eigenvalue weighted by molar-refractivity contribution is -0.0956. The van der Waals surface area contributed by atoms with Crippen LogP contribution in [0.3, 0.4) is 0 Å². The molecule has 0 N–H and O–H groups in total. The minimum absolute atomic E-state index is 0.322. The highest BCUT2D eigenvalue weighted by Gasteiger charge is 2.49. The van der Waals surface area contributed by atoms with Crippen LogP contribution in [0.25, 0.3) is 0 Å². The first kappa shape index (κ1) is 12.2. The van der Waals surface area contributed by atoms with Gasteiger partial charge in [-0.25, -0.2) is 8.78 Å². The van der Waals surface area contributed by atoms with E-state index in [-0.39, 0.29) is 4.88 Å². The quantitative estimate of drug-likeness (QED) is 0.582. The van der Waals surface area contributed by atoms with Crippen molar-refractivity contribution >= 4 is 17.1 Å². The van der Waals surface area contributed by atoms with Crippen molar-refractivity contribution in [3.63, 3.8) is 0 Å². The Bertz CT molecular complexity index is 359. The monoisotopic (exact) mass is 240 g/mol. The number of alkyl halides is 4. The van der Waals surface area contributed by atoms with Gasteiger partial charge in [-0.2, -0.15) is 8.78 Å². The maximum absolute atomic E-state index is 12.6. The maximum atomic E-state index is 12.6. The number of carbonyl (C=O) groups is 1. The first-order valence-corrected chi connectivity index (χ1v) is 5.00. The number of aryl methyl sites for hydroxylation is 1. The second-order valence-electron chi connectivity index (χ2n) is 2.87. The molecule has 1 heterocycles. The third-order valence-corrected chi connectivity index (χ3v) is 3.04. The Morgan fingerprint density at radius 3 is 2.47 bits per heavy atom. The third kappa shape index (κ3) is 2.37. The SMILES string of the molecule is CCc1ccc(C(=O)C(F)(F)C(F)F)s1. The minimum atomic E-state index is -4.59. The molecule has 0 spiro atoms. The molecule has 84 valence electrons. The van der Waals surface area contributed by atoms with Crippen molar-refractivity contribution in [3.8, 4) is 0 Å². The molecule has 1 aromatic heterocycles. The first-order valence-electron chi connectivity index (χ1n) is 4.19. The van der Waals surface area contributed by atoms with Crippen molar-refractivity contribution in [2.24, 2.45) is 0 Å². The van der Waals surface area contributed by atoms with Gasteiger partial charge in [0.05, 0.1) is 4.88 Å². The van der Waals surface area contributed by atoms with Gasteiger partial charge >= 0.3 is 12.3 Å². The summed E-state index contributed by atoms with van der Waals surface area (Å²) in [6.45, 7) is 1.78. The molecular formula is C9H8F4OS. The van der Waals surface area contributed by atoms with Gasteiger partial charge in [-0.15, -0.1) is 11.3 Å². The molecule has 15 heavy (non-hydrogen) atoms. The van der Waals surface area contributed by atoms with E-state index in [2.05, 4.69) is 0 Å². The molecular weight excluding hydrogens is 232 g/mol. The van der Waals surface area contributed by atoms with Gasteiger partial charge in [0.15, 0.2) is 0 Å². The van der Waals surface area contributed by atoms with Crippen molar-refractivity contribution in [1.29, 1.82) is 0 Å². The molecule has 0 unspecified atom stereocenters. The molecule has 1 aromatic rings. The molecule has 1 rings (SSSR count). The molecule has 0 saturated carbocycles. The zero-order valence-electron chi connectivity index (χ0n) is 7.77. The van der Waals surface area contributed by atoms with Gasteiger partial charge in [0, 0.05) is 4.88 Å². The summed E-state index contributed by atoms with van der Waals surface area (Å²) in [7, 11) is 0. The summed E-state index contributed by atoms with van der Waals surface area (Å²) in [6, 6.07) is 2.64. The molecule has 0 fully saturated rings. The Morgan fingerprint density at radius 1 is 1.47 bits per heavy atom. The van der Waals surface area contributed by atoms with Gasteiger partial charge in [-0.1, -0.05) is 6.92 Å². The zero-order valence-corrected chi connectivity index (χ0v) is 8.58. The van der Waals surface area contributed by atoms with Gasteiger partial charge in [0.2, 0.25) is 5.78 Å². The second-order valence-corrected chi connectivity index (χ2v) is 4.04. The molecule has 1 nitrogen and oxygen atoms in total. The van der Waals surface area contributed by atoms with Crippen LogP contribution in [0.4, 0.5) is 17.6 Å². The standard InChI is InChI=1S/C9H8F4OS/c1-2-5-3-4-6(15-5)7(14)9(12,13)8(10)11/h3-4,8H,2H2,1H3. The van der Waals surface area contributed by atoms with Crippen LogP contribution in [0.15, 0.2) is 12.1 Å². The molecule has 0 aromatic carbocycles. The lowest BCUT2D eigenvalue weighted by atomic mass is 10.2. The summed E-state index contributed by atoms with van der Waals surface area (Å²) in [5.41, 5.74) is 0. The Labute approximate surface area is 87.7 Å². The van der Waals surface area contributed by atoms with Gasteiger partial charge in [0.25, 0.3) is 0 Å². The predicted molar refractivity (Wildman–Crippen MR) is 49.0 cm³/mol. The molecule has 0 saturated heterocycles. The predicted octanol–water partition coefficient (Wildman–Crippen LogP) is 3.39. The highest BCUT2D eigenvalue weighted by Crippen LogP contribution is 2.30. The number of carbonyl (C=O) groups excluding carboxylic acids is 1. The van der Waals surface area contributed by atoms with Gasteiger partial charge in [-0.3, -0.25) is 4.79 Å². The van der Waals surface area contributed by atoms with E-state index < -0.39 is 18.1 Å². The highest BCUT2D eigenvalue weighted by molar-refractivity contribution is 7.14. The summed E-state index contributed by atoms with van der Waals surface area (Å²) in [4.78, 5) is 11.4. The average Bonchev–Trinajstić information content (AvgIpc) is 2.64. The lowest BCUT2D eigenvalue weighted by Gasteiger charge is -2.11. The minimum Gasteiger partial charge on any atom is -0.286 e. The van der Waals surface area contributed by atoms with Crippen molar-refractivity contribution in [2.45, 2.75) is 25.7 Å². The summed E-state index contributed by atoms with van der Waals surface area (Å²) in [6.07, 6.45) is -3.38. The van der Waals surface area contributed by atoms with E-state index in [4.69, 9.17) is 0 Å². The van der Waals surface area contributed by atoms with Gasteiger partial charge in [0.1, 0.15) is 0 Å². The van der Waals surface area contributed by atoms with Crippen molar-refractivity contribution in [1.82, 2.24) is 0 Å². The topological polar surface area (TPSA) is 17.1 Å². The summed E-state index contributed by atoms with van der Waals surface area (Å²) < 4.78 is 49.0. The van der Waals surface area contributed by atoms with Crippen LogP contribution in [-0.4, -0.2) is 18.1 Å². The fourth-order valence-electron chi connectivity index (χ4n) is 0.953. The van der Waals surface area contributed by atoms with E-state index in [1.165, 1.54) is 6.07 Å². The van der Waals surface area contributed by atoms with E-state index in [1.807, 2.05) is 0 Å². The molecule has 0 atom stereocenters. The number of ketones is 1. The van der Waals surface area contributed by atoms with Gasteiger partial charge in [-0.05, 0) is 18.6 Å². The van der Waals surface area contributed by atoms with Gasteiger partial charge < -0.3 is 0 Å². The third-order valence-electron chi connectivity index (χ3n) is 1.81. The van der Waals surface area contributed by atoms with Crippen LogP contribution in [0.5, 0.6) is 0 Å². The fourth-order valence-corrected chi connectivity index (χ4v) is 1.88. The van der Waals surface area contributed by atoms with Crippen LogP contribution < -0.4 is 0 Å². The average molecular weight is 240 g/mol. The number of halogens is 4. The number of hydrogen-bond donors (Lipinski definition) is 0. The number of Topliss-reactive ketones (excluding diaryl/α,β-unsaturated/α-hetero) is 1. The van der Waals surface area contributed by atoms with E-state index in [0.717, 1.165) is 17.4 Å². The van der Waals surface area contributed by atoms with Crippen molar-refractivity contribution in [3.05, 3.63) is 21.9 Å². The Balaban J connectivity index is 2.94. The van der Waals surface area contributed by atoms with E-state index in [1.54, 1.807) is 6.92 Å². The normalized spacial score (nSPS) is 12.1. The molecule has 0 radical (unpaired) electrons. The van der Waals surface area contributed by atoms with E-state index >= 15 is 0 Å². The van der Waals surface area contributed by atoms with Crippen molar-refractivity contribution < 1.29 is 22.4 Å². The molecule has 0 aliphatic carbocycles. The van der Waals surface area contributed by atoms with Crippen molar-refractivity contribution in [2.75, 3.05) is 0 Å². The maximum Gasteiger partial charge on any atom is 0.369 e. The molecule has 0 amide bonds. The molecule has 0 bridgehead atoms. The van der Waals surface area contributed by atoms with Crippen LogP contribution in [0, 0.1) is 0 Å². The van der Waals surface area contributed by atoms with E-state index in [9.17, 15) is 22.4 Å². The Morgan fingerprint density at radius 2 is 2.07 bits per heavy atom. The number of thiophene rings is 1. The molecule has 0 aliphatic rings. The van der Waals surface area contributed by atoms with Crippen LogP contribution in [-0.2, 0) is 6.42 Å². The van der Waals surface area contributed by atoms with Crippen LogP contribution in [0.1, 0.15) is 21.5 Å². The second kappa shape index (κ2) is 4.30. The summed E-state index contributed by atoms with van der Waals surface area (Å²) in [5.74, 6) is -6.39. The van der Waals surface area contributed by atoms with E-state index in [0.29, 0.717) is 11.3 Å². The lowest BCUT2D eigenvalue weighted by Crippen LogP contribution is -2.36. The largest absolute Gasteiger partial charge is 0.369 e. The molecule has 6 heteroatoms. The fraction of sp³-hybridized carbons (Fsp3) is 0.444. The highest BCUT2D eigenvalue weighted by atomic mass is 32.1. The first-order chi connectivity index (χ1) is 6.89. The number of hydrogen-bond acceptors (Lipinski definition) is 2. The van der Waals surface area contributed by atoms with Crippen LogP contribution >= 0.6 is 11.3 Å². The zero-order chi connectivity index (χ0) is 11.6. The smallest absolute Gasteiger partial charge is 0.286 e. The Hall–Kier alpha value is -0.910. The molecule has 0 aliphatic heterocycles.